The van der Waals surface area contributed by atoms with Crippen molar-refractivity contribution in [3.05, 3.63) is 42.6 Å². The Bertz CT molecular complexity index is 1480. The van der Waals surface area contributed by atoms with Crippen LogP contribution in [0.1, 0.15) is 24.6 Å². The van der Waals surface area contributed by atoms with Crippen LogP contribution in [0.15, 0.2) is 36.8 Å². The lowest BCUT2D eigenvalue weighted by Gasteiger charge is -2.21. The summed E-state index contributed by atoms with van der Waals surface area (Å²) in [7, 11) is 0. The Morgan fingerprint density at radius 3 is 1.78 bits per heavy atom. The van der Waals surface area contributed by atoms with E-state index in [1.807, 2.05) is 18.2 Å². The zero-order chi connectivity index (χ0) is 35.0. The van der Waals surface area contributed by atoms with Crippen molar-refractivity contribution in [1.29, 1.82) is 0 Å². The van der Waals surface area contributed by atoms with E-state index < -0.39 is 36.4 Å². The molecule has 0 bridgehead atoms. The van der Waals surface area contributed by atoms with E-state index in [0.717, 1.165) is 54.3 Å². The van der Waals surface area contributed by atoms with Crippen molar-refractivity contribution in [3.8, 4) is 22.5 Å². The standard InChI is InChI=1S/C18H18N6O.3C2HF3O2/c25-24-16-13-2-1-6-21-17(13)22-14-10-20-9-5-12(14)15(16)23-18(24)11-3-7-19-8-4-11;3*3-2(4,5)1(6)7/h1-2,5-6,9-11,19,25H,3-4,7-8H2,(H,21,22);3*(H,6,7). The SMILES string of the molecule is O=C(O)C(F)(F)F.O=C(O)C(F)(F)F.O=C(O)C(F)(F)F.On1c(C2CCNCC2)nc2c1-c1cccnc1Nc1cnccc1-2. The number of carboxylic acid groups (broad SMARTS) is 3. The summed E-state index contributed by atoms with van der Waals surface area (Å²) in [6, 6.07) is 5.75. The molecular formula is C24H21F9N6O7. The molecule has 46 heavy (non-hydrogen) atoms. The summed E-state index contributed by atoms with van der Waals surface area (Å²) in [5.41, 5.74) is 4.06. The van der Waals surface area contributed by atoms with E-state index >= 15 is 0 Å². The number of aromatic nitrogens is 4. The number of imidazole rings is 1. The Morgan fingerprint density at radius 1 is 0.804 bits per heavy atom. The van der Waals surface area contributed by atoms with Gasteiger partial charge in [0.15, 0.2) is 0 Å². The topological polar surface area (TPSA) is 200 Å². The van der Waals surface area contributed by atoms with Crippen LogP contribution in [-0.4, -0.2) is 89.7 Å². The van der Waals surface area contributed by atoms with Crippen molar-refractivity contribution in [2.24, 2.45) is 0 Å². The van der Waals surface area contributed by atoms with Crippen molar-refractivity contribution in [2.75, 3.05) is 18.4 Å². The monoisotopic (exact) mass is 676 g/mol. The van der Waals surface area contributed by atoms with Gasteiger partial charge in [0, 0.05) is 29.4 Å². The number of carbonyl (C=O) groups is 3. The van der Waals surface area contributed by atoms with Gasteiger partial charge in [0.1, 0.15) is 23.0 Å². The molecule has 1 fully saturated rings. The van der Waals surface area contributed by atoms with Gasteiger partial charge in [-0.05, 0) is 44.1 Å². The van der Waals surface area contributed by atoms with Crippen molar-refractivity contribution < 1.29 is 74.4 Å². The molecule has 1 saturated heterocycles. The van der Waals surface area contributed by atoms with Gasteiger partial charge in [0.2, 0.25) is 0 Å². The summed E-state index contributed by atoms with van der Waals surface area (Å²) in [6.45, 7) is 1.89. The quantitative estimate of drug-likeness (QED) is 0.121. The smallest absolute Gasteiger partial charge is 0.475 e. The first-order valence-corrected chi connectivity index (χ1v) is 12.3. The summed E-state index contributed by atoms with van der Waals surface area (Å²) < 4.78 is 96.5. The molecular weight excluding hydrogens is 655 g/mol. The highest BCUT2D eigenvalue weighted by Gasteiger charge is 2.39. The largest absolute Gasteiger partial charge is 0.490 e. The zero-order valence-corrected chi connectivity index (χ0v) is 22.6. The normalized spacial score (nSPS) is 14.0. The predicted molar refractivity (Wildman–Crippen MR) is 135 cm³/mol. The first kappa shape index (κ1) is 37.0. The molecule has 6 N–H and O–H groups in total. The first-order chi connectivity index (χ1) is 21.2. The highest BCUT2D eigenvalue weighted by atomic mass is 19.4. The third-order valence-electron chi connectivity index (χ3n) is 5.70. The number of fused-ring (bicyclic) bond motifs is 5. The van der Waals surface area contributed by atoms with Gasteiger partial charge in [0.25, 0.3) is 0 Å². The summed E-state index contributed by atoms with van der Waals surface area (Å²) in [6.07, 6.45) is -8.06. The van der Waals surface area contributed by atoms with E-state index in [-0.39, 0.29) is 5.92 Å². The second kappa shape index (κ2) is 14.8. The molecule has 0 spiro atoms. The van der Waals surface area contributed by atoms with Crippen LogP contribution in [-0.2, 0) is 14.4 Å². The van der Waals surface area contributed by atoms with Crippen LogP contribution in [0.25, 0.3) is 22.5 Å². The van der Waals surface area contributed by atoms with Gasteiger partial charge in [-0.3, -0.25) is 4.98 Å². The molecule has 0 aliphatic carbocycles. The molecule has 22 heteroatoms. The Kier molecular flexibility index (Phi) is 11.9. The Hall–Kier alpha value is -5.15. The lowest BCUT2D eigenvalue weighted by Crippen LogP contribution is -2.28. The summed E-state index contributed by atoms with van der Waals surface area (Å²) >= 11 is 0. The molecule has 13 nitrogen and oxygen atoms in total. The number of piperidine rings is 1. The zero-order valence-electron chi connectivity index (χ0n) is 22.6. The number of nitrogens with one attached hydrogen (secondary N) is 2. The molecule has 3 aromatic heterocycles. The maximum Gasteiger partial charge on any atom is 0.490 e. The molecule has 2 aliphatic heterocycles. The molecule has 0 unspecified atom stereocenters. The number of halogens is 9. The molecule has 0 saturated carbocycles. The number of aliphatic carboxylic acids is 3. The second-order valence-electron chi connectivity index (χ2n) is 8.86. The number of hydrogen-bond acceptors (Lipinski definition) is 9. The van der Waals surface area contributed by atoms with Gasteiger partial charge in [-0.1, -0.05) is 0 Å². The van der Waals surface area contributed by atoms with E-state index in [9.17, 15) is 44.7 Å². The summed E-state index contributed by atoms with van der Waals surface area (Å²) in [5.74, 6) is -6.60. The minimum atomic E-state index is -5.08. The van der Waals surface area contributed by atoms with E-state index in [1.54, 1.807) is 18.6 Å². The van der Waals surface area contributed by atoms with Gasteiger partial charge in [-0.2, -0.15) is 44.2 Å². The number of pyridine rings is 2. The number of alkyl halides is 9. The van der Waals surface area contributed by atoms with Crippen molar-refractivity contribution in [1.82, 2.24) is 25.0 Å². The Labute approximate surface area is 250 Å². The van der Waals surface area contributed by atoms with Crippen LogP contribution in [0, 0.1) is 0 Å². The van der Waals surface area contributed by atoms with Crippen LogP contribution in [0.4, 0.5) is 51.0 Å². The predicted octanol–water partition coefficient (Wildman–Crippen LogP) is 4.67. The molecule has 3 aromatic rings. The van der Waals surface area contributed by atoms with Crippen molar-refractivity contribution in [2.45, 2.75) is 37.3 Å². The number of anilines is 2. The number of carboxylic acids is 3. The van der Waals surface area contributed by atoms with E-state index in [1.165, 1.54) is 4.73 Å². The third kappa shape index (κ3) is 9.93. The minimum Gasteiger partial charge on any atom is -0.475 e. The van der Waals surface area contributed by atoms with E-state index in [4.69, 9.17) is 34.7 Å². The van der Waals surface area contributed by atoms with Crippen molar-refractivity contribution in [3.63, 3.8) is 0 Å². The molecule has 0 aromatic carbocycles. The van der Waals surface area contributed by atoms with Crippen LogP contribution >= 0.6 is 0 Å². The average Bonchev–Trinajstić information content (AvgIpc) is 3.22. The first-order valence-electron chi connectivity index (χ1n) is 12.3. The summed E-state index contributed by atoms with van der Waals surface area (Å²) in [5, 5.41) is 39.0. The third-order valence-corrected chi connectivity index (χ3v) is 5.70. The summed E-state index contributed by atoms with van der Waals surface area (Å²) in [4.78, 5) is 40.2. The lowest BCUT2D eigenvalue weighted by molar-refractivity contribution is -0.193. The van der Waals surface area contributed by atoms with Crippen LogP contribution in [0.3, 0.4) is 0 Å². The Morgan fingerprint density at radius 2 is 1.30 bits per heavy atom. The van der Waals surface area contributed by atoms with Gasteiger partial charge in [0.05, 0.1) is 11.9 Å². The molecule has 252 valence electrons. The molecule has 5 heterocycles. The molecule has 2 aliphatic rings. The second-order valence-corrected chi connectivity index (χ2v) is 8.86. The highest BCUT2D eigenvalue weighted by molar-refractivity contribution is 5.94. The number of rotatable bonds is 1. The van der Waals surface area contributed by atoms with Gasteiger partial charge in [-0.15, -0.1) is 0 Å². The highest BCUT2D eigenvalue weighted by Crippen LogP contribution is 2.44. The molecule has 0 atom stereocenters. The van der Waals surface area contributed by atoms with Crippen LogP contribution in [0.2, 0.25) is 0 Å². The fourth-order valence-corrected chi connectivity index (χ4v) is 3.73. The lowest BCUT2D eigenvalue weighted by atomic mass is 9.97. The van der Waals surface area contributed by atoms with Crippen molar-refractivity contribution >= 4 is 29.4 Å². The van der Waals surface area contributed by atoms with E-state index in [0.29, 0.717) is 11.5 Å². The average molecular weight is 676 g/mol. The van der Waals surface area contributed by atoms with Crippen LogP contribution in [0.5, 0.6) is 0 Å². The fourth-order valence-electron chi connectivity index (χ4n) is 3.73. The van der Waals surface area contributed by atoms with Gasteiger partial charge in [-0.25, -0.2) is 24.4 Å². The van der Waals surface area contributed by atoms with Crippen LogP contribution < -0.4 is 10.6 Å². The molecule has 0 amide bonds. The maximum atomic E-state index is 11.0. The number of nitrogens with zero attached hydrogens (tertiary/aromatic N) is 4. The fraction of sp³-hybridized carbons (Fsp3) is 0.333. The minimum absolute atomic E-state index is 0.247. The molecule has 0 radical (unpaired) electrons. The Balaban J connectivity index is 0.000000289. The van der Waals surface area contributed by atoms with Gasteiger partial charge >= 0.3 is 36.4 Å². The number of hydrogen-bond donors (Lipinski definition) is 6. The van der Waals surface area contributed by atoms with Gasteiger partial charge < -0.3 is 31.2 Å². The van der Waals surface area contributed by atoms with E-state index in [2.05, 4.69) is 20.6 Å². The maximum absolute atomic E-state index is 11.0. The molecule has 5 rings (SSSR count).